The summed E-state index contributed by atoms with van der Waals surface area (Å²) >= 11 is 0. The molecular weight excluding hydrogens is 386 g/mol. The zero-order chi connectivity index (χ0) is 23.3. The van der Waals surface area contributed by atoms with E-state index >= 15 is 0 Å². The second-order valence-corrected chi connectivity index (χ2v) is 9.17. The van der Waals surface area contributed by atoms with Crippen molar-refractivity contribution in [3.8, 4) is 0 Å². The topological polar surface area (TPSA) is 4.93 Å². The van der Waals surface area contributed by atoms with E-state index in [4.69, 9.17) is 0 Å². The summed E-state index contributed by atoms with van der Waals surface area (Å²) in [6, 6.07) is 17.6. The summed E-state index contributed by atoms with van der Waals surface area (Å²) < 4.78 is 2.47. The molecule has 3 aromatic rings. The van der Waals surface area contributed by atoms with E-state index in [0.29, 0.717) is 0 Å². The zero-order valence-corrected chi connectivity index (χ0v) is 21.0. The molecule has 4 rings (SSSR count). The highest BCUT2D eigenvalue weighted by atomic mass is 15.0. The number of nitrogens with zero attached hydrogens (tertiary/aromatic N) is 1. The van der Waals surface area contributed by atoms with Crippen LogP contribution in [0.5, 0.6) is 0 Å². The van der Waals surface area contributed by atoms with Crippen LogP contribution in [-0.2, 0) is 19.4 Å². The minimum atomic E-state index is 0.811. The first-order chi connectivity index (χ1) is 15.5. The van der Waals surface area contributed by atoms with Crippen LogP contribution in [0.3, 0.4) is 0 Å². The van der Waals surface area contributed by atoms with Gasteiger partial charge in [-0.05, 0) is 56.6 Å². The van der Waals surface area contributed by atoms with Crippen molar-refractivity contribution in [1.82, 2.24) is 4.57 Å². The van der Waals surface area contributed by atoms with Crippen molar-refractivity contribution in [2.45, 2.75) is 79.7 Å². The van der Waals surface area contributed by atoms with Gasteiger partial charge in [0.25, 0.3) is 0 Å². The van der Waals surface area contributed by atoms with Gasteiger partial charge in [-0.15, -0.1) is 6.58 Å². The van der Waals surface area contributed by atoms with Gasteiger partial charge in [0.1, 0.15) is 0 Å². The smallest absolute Gasteiger partial charge is 0.0488 e. The summed E-state index contributed by atoms with van der Waals surface area (Å²) in [6.45, 7) is 15.8. The maximum absolute atomic E-state index is 3.82. The fourth-order valence-corrected chi connectivity index (χ4v) is 3.95. The molecule has 1 aliphatic rings. The third-order valence-electron chi connectivity index (χ3n) is 5.64. The van der Waals surface area contributed by atoms with E-state index in [1.165, 1.54) is 52.5 Å². The van der Waals surface area contributed by atoms with Crippen molar-refractivity contribution < 1.29 is 0 Å². The number of para-hydroxylation sites is 1. The molecule has 0 radical (unpaired) electrons. The molecular formula is C31H43N. The van der Waals surface area contributed by atoms with E-state index in [-0.39, 0.29) is 0 Å². The van der Waals surface area contributed by atoms with Gasteiger partial charge < -0.3 is 4.57 Å². The maximum atomic E-state index is 3.82. The van der Waals surface area contributed by atoms with E-state index in [0.717, 1.165) is 31.7 Å². The van der Waals surface area contributed by atoms with Crippen LogP contribution in [0.25, 0.3) is 17.0 Å². The minimum absolute atomic E-state index is 0.811. The Hall–Kier alpha value is -2.54. The van der Waals surface area contributed by atoms with E-state index in [1.54, 1.807) is 0 Å². The van der Waals surface area contributed by atoms with Crippen LogP contribution >= 0.6 is 0 Å². The van der Waals surface area contributed by atoms with E-state index in [9.17, 15) is 0 Å². The van der Waals surface area contributed by atoms with Gasteiger partial charge in [-0.2, -0.15) is 0 Å². The van der Waals surface area contributed by atoms with Crippen molar-refractivity contribution in [2.24, 2.45) is 5.92 Å². The fourth-order valence-electron chi connectivity index (χ4n) is 3.95. The summed E-state index contributed by atoms with van der Waals surface area (Å²) in [4.78, 5) is 0. The molecule has 0 unspecified atom stereocenters. The molecule has 0 N–H and O–H groups in total. The molecule has 0 spiro atoms. The number of allylic oxidation sites excluding steroid dienone is 2. The molecule has 1 heterocycles. The number of aromatic nitrogens is 1. The maximum Gasteiger partial charge on any atom is 0.0488 e. The van der Waals surface area contributed by atoms with Gasteiger partial charge in [0.2, 0.25) is 0 Å². The standard InChI is InChI=1S/C16H17N.C12H18.C3H8/c1-2-3-12-17-15-10-6-4-8-13(15)14-9-5-7-11-16(14)17;1-10(2)4-7-12-8-5-11(3)6-9-12;1-3-2/h2,4-6,8-10H,1,3,7,11-12H2;5-6,8-10H,4,7H2,1-3H3;3H2,1-2H3. The first kappa shape index (κ1) is 25.7. The Morgan fingerprint density at radius 3 is 2.38 bits per heavy atom. The Labute approximate surface area is 196 Å². The quantitative estimate of drug-likeness (QED) is 0.344. The molecule has 0 fully saturated rings. The number of benzene rings is 2. The largest absolute Gasteiger partial charge is 0.344 e. The molecule has 0 atom stereocenters. The summed E-state index contributed by atoms with van der Waals surface area (Å²) in [5.74, 6) is 0.811. The van der Waals surface area contributed by atoms with Crippen LogP contribution in [0.4, 0.5) is 0 Å². The highest BCUT2D eigenvalue weighted by molar-refractivity contribution is 5.91. The van der Waals surface area contributed by atoms with Crippen molar-refractivity contribution in [3.05, 3.63) is 89.6 Å². The molecule has 1 aromatic heterocycles. The van der Waals surface area contributed by atoms with Crippen LogP contribution in [0.15, 0.2) is 67.3 Å². The second kappa shape index (κ2) is 13.8. The normalized spacial score (nSPS) is 11.9. The van der Waals surface area contributed by atoms with Crippen molar-refractivity contribution in [3.63, 3.8) is 0 Å². The van der Waals surface area contributed by atoms with Gasteiger partial charge in [0, 0.05) is 28.7 Å². The lowest BCUT2D eigenvalue weighted by Crippen LogP contribution is -2.04. The molecule has 0 saturated carbocycles. The lowest BCUT2D eigenvalue weighted by Gasteiger charge is -2.11. The highest BCUT2D eigenvalue weighted by Gasteiger charge is 2.15. The molecule has 0 bridgehead atoms. The molecule has 2 aromatic carbocycles. The summed E-state index contributed by atoms with van der Waals surface area (Å²) in [7, 11) is 0. The van der Waals surface area contributed by atoms with Gasteiger partial charge in [0.05, 0.1) is 0 Å². The van der Waals surface area contributed by atoms with Crippen molar-refractivity contribution in [1.29, 1.82) is 0 Å². The second-order valence-electron chi connectivity index (χ2n) is 9.17. The molecule has 1 aliphatic carbocycles. The predicted octanol–water partition coefficient (Wildman–Crippen LogP) is 9.18. The Kier molecular flexibility index (Phi) is 11.1. The molecule has 172 valence electrons. The van der Waals surface area contributed by atoms with Crippen LogP contribution < -0.4 is 0 Å². The Bertz CT molecular complexity index is 970. The first-order valence-corrected chi connectivity index (χ1v) is 12.4. The fraction of sp³-hybridized carbons (Fsp3) is 0.419. The lowest BCUT2D eigenvalue weighted by atomic mass is 10.0. The van der Waals surface area contributed by atoms with Gasteiger partial charge >= 0.3 is 0 Å². The van der Waals surface area contributed by atoms with Crippen molar-refractivity contribution >= 4 is 17.0 Å². The zero-order valence-electron chi connectivity index (χ0n) is 21.0. The van der Waals surface area contributed by atoms with Crippen molar-refractivity contribution in [2.75, 3.05) is 0 Å². The minimum Gasteiger partial charge on any atom is -0.344 e. The third kappa shape index (κ3) is 7.55. The Morgan fingerprint density at radius 2 is 1.72 bits per heavy atom. The highest BCUT2D eigenvalue weighted by Crippen LogP contribution is 2.31. The first-order valence-electron chi connectivity index (χ1n) is 12.4. The van der Waals surface area contributed by atoms with E-state index in [1.807, 2.05) is 6.08 Å². The molecule has 0 saturated heterocycles. The average molecular weight is 430 g/mol. The van der Waals surface area contributed by atoms with Crippen LogP contribution in [0.1, 0.15) is 75.8 Å². The number of rotatable bonds is 6. The SMILES string of the molecule is C=CCCn1c2c(c3ccccc31)C=CCC2.CCC.Cc1ccc(CCC(C)C)cc1. The van der Waals surface area contributed by atoms with Crippen LogP contribution in [0, 0.1) is 12.8 Å². The van der Waals surface area contributed by atoms with E-state index in [2.05, 4.69) is 106 Å². The Balaban J connectivity index is 0.000000213. The lowest BCUT2D eigenvalue weighted by molar-refractivity contribution is 0.586. The predicted molar refractivity (Wildman–Crippen MR) is 144 cm³/mol. The third-order valence-corrected chi connectivity index (χ3v) is 5.64. The average Bonchev–Trinajstić information content (AvgIpc) is 3.12. The Morgan fingerprint density at radius 1 is 1.03 bits per heavy atom. The summed E-state index contributed by atoms with van der Waals surface area (Å²) in [5, 5.41) is 1.39. The van der Waals surface area contributed by atoms with Gasteiger partial charge in [-0.3, -0.25) is 0 Å². The van der Waals surface area contributed by atoms with E-state index < -0.39 is 0 Å². The molecule has 1 nitrogen and oxygen atoms in total. The molecule has 32 heavy (non-hydrogen) atoms. The van der Waals surface area contributed by atoms with Crippen LogP contribution in [0.2, 0.25) is 0 Å². The van der Waals surface area contributed by atoms with Gasteiger partial charge in [-0.1, -0.05) is 100 Å². The summed E-state index contributed by atoms with van der Waals surface area (Å²) in [5.41, 5.74) is 7.11. The van der Waals surface area contributed by atoms with Gasteiger partial charge in [0.15, 0.2) is 0 Å². The number of hydrogen-bond donors (Lipinski definition) is 0. The number of fused-ring (bicyclic) bond motifs is 3. The van der Waals surface area contributed by atoms with Gasteiger partial charge in [-0.25, -0.2) is 0 Å². The molecule has 1 heteroatoms. The number of hydrogen-bond acceptors (Lipinski definition) is 0. The monoisotopic (exact) mass is 429 g/mol. The van der Waals surface area contributed by atoms with Crippen LogP contribution in [-0.4, -0.2) is 4.57 Å². The summed E-state index contributed by atoms with van der Waals surface area (Å²) in [6.07, 6.45) is 13.7. The molecule has 0 aliphatic heterocycles. The molecule has 0 amide bonds. The number of aryl methyl sites for hydroxylation is 3.